The lowest BCUT2D eigenvalue weighted by Crippen LogP contribution is -2.47. The van der Waals surface area contributed by atoms with Crippen LogP contribution in [0, 0.1) is 18.7 Å². The molecule has 2 aliphatic heterocycles. The van der Waals surface area contributed by atoms with Gasteiger partial charge in [0.1, 0.15) is 11.9 Å². The molecule has 0 bridgehead atoms. The molecule has 0 radical (unpaired) electrons. The first-order valence-corrected chi connectivity index (χ1v) is 11.4. The van der Waals surface area contributed by atoms with Gasteiger partial charge in [-0.25, -0.2) is 9.18 Å². The molecule has 4 amide bonds. The van der Waals surface area contributed by atoms with Gasteiger partial charge in [0.25, 0.3) is 5.91 Å². The van der Waals surface area contributed by atoms with Gasteiger partial charge in [0, 0.05) is 12.7 Å². The molecular formula is C26H29FN4O3. The summed E-state index contributed by atoms with van der Waals surface area (Å²) in [6.07, 6.45) is 0.444. The number of nitrogens with zero attached hydrogens (tertiary/aromatic N) is 2. The minimum atomic E-state index is -0.746. The first kappa shape index (κ1) is 23.5. The fourth-order valence-electron chi connectivity index (χ4n) is 4.52. The Labute approximate surface area is 198 Å². The predicted molar refractivity (Wildman–Crippen MR) is 127 cm³/mol. The van der Waals surface area contributed by atoms with Gasteiger partial charge in [-0.3, -0.25) is 14.5 Å². The fourth-order valence-corrected chi connectivity index (χ4v) is 4.52. The highest BCUT2D eigenvalue weighted by molar-refractivity contribution is 6.05. The molecule has 4 rings (SSSR count). The number of benzene rings is 2. The largest absolute Gasteiger partial charge is 0.327 e. The van der Waals surface area contributed by atoms with Crippen LogP contribution in [0.4, 0.5) is 14.9 Å². The first-order chi connectivity index (χ1) is 16.2. The third-order valence-electron chi connectivity index (χ3n) is 6.25. The van der Waals surface area contributed by atoms with E-state index in [1.807, 2.05) is 45.0 Å². The molecule has 7 nitrogen and oxygen atoms in total. The molecule has 2 aromatic carbocycles. The fraction of sp³-hybridized carbons (Fsp3) is 0.346. The van der Waals surface area contributed by atoms with Gasteiger partial charge in [-0.2, -0.15) is 0 Å². The van der Waals surface area contributed by atoms with Crippen LogP contribution >= 0.6 is 0 Å². The van der Waals surface area contributed by atoms with Crippen LogP contribution in [0.25, 0.3) is 0 Å². The molecule has 0 aliphatic carbocycles. The van der Waals surface area contributed by atoms with Crippen molar-refractivity contribution in [3.63, 3.8) is 0 Å². The molecule has 0 spiro atoms. The maximum Gasteiger partial charge on any atom is 0.322 e. The summed E-state index contributed by atoms with van der Waals surface area (Å²) in [5, 5.41) is 5.74. The second-order valence-electron chi connectivity index (χ2n) is 9.29. The van der Waals surface area contributed by atoms with Crippen molar-refractivity contribution in [1.29, 1.82) is 0 Å². The van der Waals surface area contributed by atoms with Gasteiger partial charge in [-0.15, -0.1) is 0 Å². The monoisotopic (exact) mass is 464 g/mol. The lowest BCUT2D eigenvalue weighted by molar-refractivity contribution is -0.134. The molecule has 2 atom stereocenters. The summed E-state index contributed by atoms with van der Waals surface area (Å²) in [6, 6.07) is 11.6. The number of anilines is 1. The third-order valence-corrected chi connectivity index (χ3v) is 6.25. The molecule has 178 valence electrons. The Morgan fingerprint density at radius 1 is 1.18 bits per heavy atom. The zero-order valence-corrected chi connectivity index (χ0v) is 19.8. The summed E-state index contributed by atoms with van der Waals surface area (Å²) in [4.78, 5) is 42.7. The topological polar surface area (TPSA) is 81.8 Å². The molecule has 0 fully saturated rings. The third kappa shape index (κ3) is 4.53. The zero-order valence-electron chi connectivity index (χ0n) is 19.8. The summed E-state index contributed by atoms with van der Waals surface area (Å²) in [5.74, 6) is -0.874. The lowest BCUT2D eigenvalue weighted by Gasteiger charge is -2.31. The number of hydrogen-bond acceptors (Lipinski definition) is 3. The van der Waals surface area contributed by atoms with E-state index in [1.54, 1.807) is 11.9 Å². The van der Waals surface area contributed by atoms with Gasteiger partial charge in [0.05, 0.1) is 23.9 Å². The van der Waals surface area contributed by atoms with Crippen LogP contribution in [0.1, 0.15) is 37.4 Å². The average molecular weight is 465 g/mol. The van der Waals surface area contributed by atoms with E-state index >= 15 is 0 Å². The smallest absolute Gasteiger partial charge is 0.322 e. The van der Waals surface area contributed by atoms with Crippen molar-refractivity contribution in [3.05, 3.63) is 76.7 Å². The number of hydrogen-bond donors (Lipinski definition) is 2. The number of amides is 4. The summed E-state index contributed by atoms with van der Waals surface area (Å²) in [6.45, 7) is 6.09. The van der Waals surface area contributed by atoms with Gasteiger partial charge < -0.3 is 15.5 Å². The number of nitrogens with one attached hydrogen (secondary N) is 2. The molecule has 0 unspecified atom stereocenters. The van der Waals surface area contributed by atoms with Gasteiger partial charge in [-0.1, -0.05) is 43.7 Å². The number of rotatable bonds is 6. The standard InChI is InChI=1S/C26H29FN4O3/c1-15(2)12-20(24(32)28-19-10-8-18(27)9-11-19)31-14-21-22(25(31)33)23(29-26(34)30(21)4)17-7-5-6-16(3)13-17/h5-11,13,15,20,23H,12,14H2,1-4H3,(H,28,32)(H,29,34)/t20-,23+/m0/s1. The highest BCUT2D eigenvalue weighted by atomic mass is 19.1. The van der Waals surface area contributed by atoms with Crippen LogP contribution in [0.2, 0.25) is 0 Å². The zero-order chi connectivity index (χ0) is 24.6. The number of carbonyl (C=O) groups is 3. The minimum absolute atomic E-state index is 0.138. The number of likely N-dealkylation sites (N-methyl/N-ethyl adjacent to an activating group) is 1. The van der Waals surface area contributed by atoms with Gasteiger partial charge in [0.2, 0.25) is 5.91 Å². The summed E-state index contributed by atoms with van der Waals surface area (Å²) < 4.78 is 13.3. The second kappa shape index (κ2) is 9.29. The number of urea groups is 1. The molecule has 0 saturated heterocycles. The quantitative estimate of drug-likeness (QED) is 0.679. The van der Waals surface area contributed by atoms with Crippen molar-refractivity contribution in [3.8, 4) is 0 Å². The van der Waals surface area contributed by atoms with Gasteiger partial charge in [0.15, 0.2) is 0 Å². The molecule has 0 aromatic heterocycles. The van der Waals surface area contributed by atoms with Crippen molar-refractivity contribution in [2.24, 2.45) is 5.92 Å². The van der Waals surface area contributed by atoms with Crippen molar-refractivity contribution >= 4 is 23.5 Å². The number of halogens is 1. The predicted octanol–water partition coefficient (Wildman–Crippen LogP) is 3.98. The Morgan fingerprint density at radius 2 is 1.88 bits per heavy atom. The summed E-state index contributed by atoms with van der Waals surface area (Å²) >= 11 is 0. The molecule has 34 heavy (non-hydrogen) atoms. The molecule has 2 aliphatic rings. The summed E-state index contributed by atoms with van der Waals surface area (Å²) in [7, 11) is 1.63. The van der Waals surface area contributed by atoms with Crippen molar-refractivity contribution in [1.82, 2.24) is 15.1 Å². The second-order valence-corrected chi connectivity index (χ2v) is 9.29. The SMILES string of the molecule is Cc1cccc([C@H]2NC(=O)N(C)C3=C2C(=O)N([C@@H](CC(C)C)C(=O)Nc2ccc(F)cc2)C3)c1. The normalized spacial score (nSPS) is 18.8. The Kier molecular flexibility index (Phi) is 6.41. The Balaban J connectivity index is 1.66. The van der Waals surface area contributed by atoms with Crippen LogP contribution in [-0.2, 0) is 9.59 Å². The molecule has 2 N–H and O–H groups in total. The van der Waals surface area contributed by atoms with Crippen LogP contribution in [0.5, 0.6) is 0 Å². The van der Waals surface area contributed by atoms with Crippen molar-refractivity contribution in [2.45, 2.75) is 39.3 Å². The molecule has 2 aromatic rings. The Morgan fingerprint density at radius 3 is 2.53 bits per heavy atom. The first-order valence-electron chi connectivity index (χ1n) is 11.4. The minimum Gasteiger partial charge on any atom is -0.327 e. The molecule has 8 heteroatoms. The van der Waals surface area contributed by atoms with E-state index in [0.717, 1.165) is 11.1 Å². The van der Waals surface area contributed by atoms with Crippen LogP contribution < -0.4 is 10.6 Å². The molecular weight excluding hydrogens is 435 g/mol. The number of carbonyl (C=O) groups excluding carboxylic acids is 3. The van der Waals surface area contributed by atoms with Gasteiger partial charge in [-0.05, 0) is 49.1 Å². The molecule has 2 heterocycles. The maximum absolute atomic E-state index is 13.7. The number of aryl methyl sites for hydroxylation is 1. The van der Waals surface area contributed by atoms with E-state index in [4.69, 9.17) is 0 Å². The molecule has 0 saturated carbocycles. The van der Waals surface area contributed by atoms with Crippen LogP contribution in [-0.4, -0.2) is 47.3 Å². The van der Waals surface area contributed by atoms with E-state index in [2.05, 4.69) is 10.6 Å². The maximum atomic E-state index is 13.7. The van der Waals surface area contributed by atoms with Crippen LogP contribution in [0.15, 0.2) is 59.8 Å². The van der Waals surface area contributed by atoms with E-state index < -0.39 is 17.9 Å². The average Bonchev–Trinajstić information content (AvgIpc) is 3.13. The van der Waals surface area contributed by atoms with E-state index in [0.29, 0.717) is 23.4 Å². The van der Waals surface area contributed by atoms with Crippen molar-refractivity contribution in [2.75, 3.05) is 18.9 Å². The summed E-state index contributed by atoms with van der Waals surface area (Å²) in [5.41, 5.74) is 3.38. The van der Waals surface area contributed by atoms with E-state index in [-0.39, 0.29) is 30.3 Å². The van der Waals surface area contributed by atoms with E-state index in [9.17, 15) is 18.8 Å². The lowest BCUT2D eigenvalue weighted by atomic mass is 9.94. The van der Waals surface area contributed by atoms with Gasteiger partial charge >= 0.3 is 6.03 Å². The Bertz CT molecular complexity index is 1160. The highest BCUT2D eigenvalue weighted by Gasteiger charge is 2.46. The van der Waals surface area contributed by atoms with Crippen LogP contribution in [0.3, 0.4) is 0 Å². The van der Waals surface area contributed by atoms with Crippen molar-refractivity contribution < 1.29 is 18.8 Å². The Hall–Kier alpha value is -3.68. The highest BCUT2D eigenvalue weighted by Crippen LogP contribution is 2.37. The van der Waals surface area contributed by atoms with E-state index in [1.165, 1.54) is 29.2 Å².